The van der Waals surface area contributed by atoms with Crippen molar-refractivity contribution in [2.45, 2.75) is 63.0 Å². The molecule has 144 valence electrons. The lowest BCUT2D eigenvalue weighted by Crippen LogP contribution is -2.33. The molecule has 2 aromatic rings. The van der Waals surface area contributed by atoms with Gasteiger partial charge in [-0.3, -0.25) is 0 Å². The van der Waals surface area contributed by atoms with Crippen LogP contribution in [0.2, 0.25) is 0 Å². The Hall–Kier alpha value is -1.53. The van der Waals surface area contributed by atoms with Crippen molar-refractivity contribution in [1.82, 2.24) is 25.0 Å². The quantitative estimate of drug-likeness (QED) is 0.445. The maximum absolute atomic E-state index is 10.3. The van der Waals surface area contributed by atoms with Crippen LogP contribution in [0.1, 0.15) is 33.4 Å². The van der Waals surface area contributed by atoms with Crippen LogP contribution in [0.15, 0.2) is 5.16 Å². The zero-order chi connectivity index (χ0) is 18.8. The zero-order valence-corrected chi connectivity index (χ0v) is 15.6. The summed E-state index contributed by atoms with van der Waals surface area (Å²) in [5, 5.41) is 38.1. The van der Waals surface area contributed by atoms with E-state index < -0.39 is 31.1 Å². The number of hydrogen-bond acceptors (Lipinski definition) is 10. The van der Waals surface area contributed by atoms with Crippen molar-refractivity contribution in [1.29, 1.82) is 0 Å². The lowest BCUT2D eigenvalue weighted by atomic mass is 10.1. The van der Waals surface area contributed by atoms with Gasteiger partial charge in [-0.2, -0.15) is 9.67 Å². The van der Waals surface area contributed by atoms with Gasteiger partial charge in [0.25, 0.3) is 0 Å². The van der Waals surface area contributed by atoms with Crippen molar-refractivity contribution in [2.24, 2.45) is 0 Å². The number of aromatic nitrogens is 5. The Labute approximate surface area is 154 Å². The van der Waals surface area contributed by atoms with Crippen molar-refractivity contribution in [3.05, 3.63) is 0 Å². The maximum atomic E-state index is 10.3. The molecule has 0 unspecified atom stereocenters. The van der Waals surface area contributed by atoms with Crippen molar-refractivity contribution in [2.75, 3.05) is 12.4 Å². The van der Waals surface area contributed by atoms with Crippen LogP contribution in [-0.4, -0.2) is 77.1 Å². The SMILES string of the molecule is CCCSc1nc(OC(C)C)c2nnn([C@@H]3O[C@H](CO)[C@@H](O)[C@H]3O)c2n1. The first-order chi connectivity index (χ1) is 12.5. The predicted molar refractivity (Wildman–Crippen MR) is 92.9 cm³/mol. The van der Waals surface area contributed by atoms with Crippen LogP contribution in [0.25, 0.3) is 11.2 Å². The fraction of sp³-hybridized carbons (Fsp3) is 0.733. The van der Waals surface area contributed by atoms with Crippen molar-refractivity contribution >= 4 is 22.9 Å². The van der Waals surface area contributed by atoms with Gasteiger partial charge >= 0.3 is 0 Å². The summed E-state index contributed by atoms with van der Waals surface area (Å²) in [6, 6.07) is 0. The average Bonchev–Trinajstić information content (AvgIpc) is 3.14. The van der Waals surface area contributed by atoms with E-state index in [0.29, 0.717) is 22.2 Å². The predicted octanol–water partition coefficient (Wildman–Crippen LogP) is 0.122. The average molecular weight is 385 g/mol. The number of aliphatic hydroxyl groups excluding tert-OH is 3. The Balaban J connectivity index is 2.04. The third-order valence-electron chi connectivity index (χ3n) is 3.81. The summed E-state index contributed by atoms with van der Waals surface area (Å²) in [6.07, 6.45) is -3.58. The van der Waals surface area contributed by atoms with Gasteiger partial charge in [0.1, 0.15) is 18.3 Å². The standard InChI is InChI=1S/C15H23N5O5S/c1-4-5-26-15-16-12-9(13(17-15)24-7(2)3)18-19-20(12)14-11(23)10(22)8(6-21)25-14/h7-8,10-11,14,21-23H,4-6H2,1-3H3/t8-,10-,11-,14-/m1/s1. The van der Waals surface area contributed by atoms with Gasteiger partial charge in [0.05, 0.1) is 12.7 Å². The molecule has 0 spiro atoms. The largest absolute Gasteiger partial charge is 0.473 e. The molecule has 3 heterocycles. The van der Waals surface area contributed by atoms with Crippen molar-refractivity contribution < 1.29 is 24.8 Å². The van der Waals surface area contributed by atoms with E-state index in [1.165, 1.54) is 16.4 Å². The van der Waals surface area contributed by atoms with Crippen LogP contribution in [0, 0.1) is 0 Å². The van der Waals surface area contributed by atoms with E-state index in [-0.39, 0.29) is 6.10 Å². The third kappa shape index (κ3) is 3.62. The number of thioether (sulfide) groups is 1. The molecule has 0 aromatic carbocycles. The van der Waals surface area contributed by atoms with Gasteiger partial charge < -0.3 is 24.8 Å². The zero-order valence-electron chi connectivity index (χ0n) is 14.8. The Kier molecular flexibility index (Phi) is 5.92. The summed E-state index contributed by atoms with van der Waals surface area (Å²) in [4.78, 5) is 8.87. The topological polar surface area (TPSA) is 136 Å². The molecule has 0 amide bonds. The van der Waals surface area contributed by atoms with Crippen molar-refractivity contribution in [3.63, 3.8) is 0 Å². The second-order valence-electron chi connectivity index (χ2n) is 6.26. The molecule has 10 nitrogen and oxygen atoms in total. The molecule has 3 rings (SSSR count). The lowest BCUT2D eigenvalue weighted by molar-refractivity contribution is -0.0575. The molecule has 1 aliphatic rings. The maximum Gasteiger partial charge on any atom is 0.248 e. The van der Waals surface area contributed by atoms with E-state index in [0.717, 1.165) is 12.2 Å². The second kappa shape index (κ2) is 8.01. The molecular formula is C15H23N5O5S. The summed E-state index contributed by atoms with van der Waals surface area (Å²) >= 11 is 1.47. The fourth-order valence-electron chi connectivity index (χ4n) is 2.60. The molecule has 1 fully saturated rings. The van der Waals surface area contributed by atoms with E-state index in [4.69, 9.17) is 9.47 Å². The molecule has 11 heteroatoms. The molecule has 2 aromatic heterocycles. The molecule has 1 aliphatic heterocycles. The summed E-state index contributed by atoms with van der Waals surface area (Å²) in [5.74, 6) is 1.14. The normalized spacial score (nSPS) is 26.1. The van der Waals surface area contributed by atoms with Gasteiger partial charge in [0.2, 0.25) is 5.88 Å². The number of fused-ring (bicyclic) bond motifs is 1. The van der Waals surface area contributed by atoms with Crippen LogP contribution in [-0.2, 0) is 4.74 Å². The Morgan fingerprint density at radius 2 is 2.04 bits per heavy atom. The number of aliphatic hydroxyl groups is 3. The molecule has 0 bridgehead atoms. The fourth-order valence-corrected chi connectivity index (χ4v) is 3.29. The molecule has 3 N–H and O–H groups in total. The van der Waals surface area contributed by atoms with E-state index in [9.17, 15) is 15.3 Å². The summed E-state index contributed by atoms with van der Waals surface area (Å²) < 4.78 is 12.6. The minimum absolute atomic E-state index is 0.115. The highest BCUT2D eigenvalue weighted by molar-refractivity contribution is 7.99. The van der Waals surface area contributed by atoms with Gasteiger partial charge in [-0.25, -0.2) is 4.98 Å². The first-order valence-electron chi connectivity index (χ1n) is 8.51. The van der Waals surface area contributed by atoms with Crippen LogP contribution in [0.3, 0.4) is 0 Å². The third-order valence-corrected chi connectivity index (χ3v) is 4.87. The highest BCUT2D eigenvalue weighted by Crippen LogP contribution is 2.33. The minimum atomic E-state index is -1.27. The Bertz CT molecular complexity index is 757. The van der Waals surface area contributed by atoms with E-state index in [2.05, 4.69) is 27.2 Å². The smallest absolute Gasteiger partial charge is 0.248 e. The minimum Gasteiger partial charge on any atom is -0.473 e. The first kappa shape index (κ1) is 19.2. The highest BCUT2D eigenvalue weighted by Gasteiger charge is 2.44. The van der Waals surface area contributed by atoms with E-state index in [1.807, 2.05) is 13.8 Å². The van der Waals surface area contributed by atoms with E-state index >= 15 is 0 Å². The Morgan fingerprint density at radius 3 is 2.65 bits per heavy atom. The van der Waals surface area contributed by atoms with Crippen LogP contribution < -0.4 is 4.74 Å². The van der Waals surface area contributed by atoms with Gasteiger partial charge in [-0.1, -0.05) is 23.9 Å². The van der Waals surface area contributed by atoms with Crippen LogP contribution >= 0.6 is 11.8 Å². The molecule has 0 aliphatic carbocycles. The number of ether oxygens (including phenoxy) is 2. The summed E-state index contributed by atoms with van der Waals surface area (Å²) in [5.41, 5.74) is 0.682. The number of rotatable bonds is 7. The van der Waals surface area contributed by atoms with Gasteiger partial charge in [0.15, 0.2) is 22.5 Å². The Morgan fingerprint density at radius 1 is 1.27 bits per heavy atom. The summed E-state index contributed by atoms with van der Waals surface area (Å²) in [6.45, 7) is 5.39. The summed E-state index contributed by atoms with van der Waals surface area (Å²) in [7, 11) is 0. The molecule has 26 heavy (non-hydrogen) atoms. The monoisotopic (exact) mass is 385 g/mol. The van der Waals surface area contributed by atoms with E-state index in [1.54, 1.807) is 0 Å². The molecule has 0 saturated carbocycles. The molecular weight excluding hydrogens is 362 g/mol. The van der Waals surface area contributed by atoms with Gasteiger partial charge in [-0.15, -0.1) is 5.10 Å². The number of hydrogen-bond donors (Lipinski definition) is 3. The molecule has 0 radical (unpaired) electrons. The van der Waals surface area contributed by atoms with Crippen LogP contribution in [0.5, 0.6) is 5.88 Å². The van der Waals surface area contributed by atoms with Crippen LogP contribution in [0.4, 0.5) is 0 Å². The van der Waals surface area contributed by atoms with Gasteiger partial charge in [-0.05, 0) is 20.3 Å². The van der Waals surface area contributed by atoms with Gasteiger partial charge in [0, 0.05) is 5.75 Å². The molecule has 1 saturated heterocycles. The van der Waals surface area contributed by atoms with Crippen molar-refractivity contribution in [3.8, 4) is 5.88 Å². The first-order valence-corrected chi connectivity index (χ1v) is 9.49. The highest BCUT2D eigenvalue weighted by atomic mass is 32.2. The molecule has 4 atom stereocenters. The lowest BCUT2D eigenvalue weighted by Gasteiger charge is -2.15. The second-order valence-corrected chi connectivity index (χ2v) is 7.32. The number of nitrogens with zero attached hydrogens (tertiary/aromatic N) is 5.